The van der Waals surface area contributed by atoms with Crippen molar-refractivity contribution in [3.8, 4) is 0 Å². The molecule has 0 saturated carbocycles. The van der Waals surface area contributed by atoms with E-state index < -0.39 is 5.54 Å². The molecule has 2 amide bonds. The molecule has 4 nitrogen and oxygen atoms in total. The molecule has 0 bridgehead atoms. The molecule has 1 rings (SSSR count). The van der Waals surface area contributed by atoms with Crippen LogP contribution >= 0.6 is 0 Å². The summed E-state index contributed by atoms with van der Waals surface area (Å²) >= 11 is 0. The lowest BCUT2D eigenvalue weighted by molar-refractivity contribution is -0.146. The maximum Gasteiger partial charge on any atom is 0.250 e. The minimum absolute atomic E-state index is 0.0401. The van der Waals surface area contributed by atoms with Gasteiger partial charge in [-0.1, -0.05) is 13.0 Å². The van der Waals surface area contributed by atoms with E-state index in [1.807, 2.05) is 13.0 Å². The van der Waals surface area contributed by atoms with Crippen molar-refractivity contribution in [2.24, 2.45) is 0 Å². The highest BCUT2D eigenvalue weighted by atomic mass is 16.2. The van der Waals surface area contributed by atoms with Crippen LogP contribution in [0.2, 0.25) is 0 Å². The van der Waals surface area contributed by atoms with Crippen LogP contribution in [-0.4, -0.2) is 35.3 Å². The smallest absolute Gasteiger partial charge is 0.250 e. The second-order valence-electron chi connectivity index (χ2n) is 4.57. The van der Waals surface area contributed by atoms with Crippen molar-refractivity contribution in [3.63, 3.8) is 0 Å². The monoisotopic (exact) mass is 224 g/mol. The van der Waals surface area contributed by atoms with Crippen LogP contribution in [0.5, 0.6) is 0 Å². The largest absolute Gasteiger partial charge is 0.352 e. The van der Waals surface area contributed by atoms with Gasteiger partial charge in [0.05, 0.1) is 0 Å². The first kappa shape index (κ1) is 12.7. The molecule has 1 N–H and O–H groups in total. The fraction of sp³-hybridized carbons (Fsp3) is 0.667. The molecule has 0 spiro atoms. The summed E-state index contributed by atoms with van der Waals surface area (Å²) in [7, 11) is 0. The highest BCUT2D eigenvalue weighted by molar-refractivity contribution is 5.98. The molecule has 0 aromatic rings. The quantitative estimate of drug-likeness (QED) is 0.713. The molecule has 0 radical (unpaired) electrons. The molecule has 1 aliphatic heterocycles. The zero-order valence-electron chi connectivity index (χ0n) is 10.5. The minimum Gasteiger partial charge on any atom is -0.352 e. The molecule has 1 aliphatic rings. The highest BCUT2D eigenvalue weighted by Crippen LogP contribution is 2.20. The van der Waals surface area contributed by atoms with Gasteiger partial charge in [-0.05, 0) is 27.2 Å². The highest BCUT2D eigenvalue weighted by Gasteiger charge is 2.40. The van der Waals surface area contributed by atoms with Gasteiger partial charge in [-0.25, -0.2) is 0 Å². The third-order valence-corrected chi connectivity index (χ3v) is 2.94. The standard InChI is InChI=1S/C12H20N2O2/c1-5-6-9(2)10(15)14-8-7-13-11(16)12(14,3)4/h6H,5,7-8H2,1-4H3,(H,13,16). The number of piperazine rings is 1. The number of allylic oxidation sites excluding steroid dienone is 1. The van der Waals surface area contributed by atoms with Gasteiger partial charge in [0, 0.05) is 18.7 Å². The summed E-state index contributed by atoms with van der Waals surface area (Å²) in [5.74, 6) is -0.127. The number of hydrogen-bond acceptors (Lipinski definition) is 2. The lowest BCUT2D eigenvalue weighted by Gasteiger charge is -2.41. The normalized spacial score (nSPS) is 20.6. The number of nitrogens with one attached hydrogen (secondary N) is 1. The van der Waals surface area contributed by atoms with E-state index in [0.29, 0.717) is 18.7 Å². The second kappa shape index (κ2) is 4.68. The van der Waals surface area contributed by atoms with Crippen LogP contribution in [0.1, 0.15) is 34.1 Å². The Labute approximate surface area is 96.7 Å². The molecule has 0 atom stereocenters. The molecule has 4 heteroatoms. The van der Waals surface area contributed by atoms with E-state index in [9.17, 15) is 9.59 Å². The lowest BCUT2D eigenvalue weighted by Crippen LogP contribution is -2.63. The summed E-state index contributed by atoms with van der Waals surface area (Å²) in [5.41, 5.74) is -0.0386. The lowest BCUT2D eigenvalue weighted by atomic mass is 9.97. The minimum atomic E-state index is -0.752. The van der Waals surface area contributed by atoms with E-state index in [4.69, 9.17) is 0 Å². The predicted octanol–water partition coefficient (Wildman–Crippen LogP) is 1.08. The summed E-state index contributed by atoms with van der Waals surface area (Å²) in [6.07, 6.45) is 2.73. The first-order valence-electron chi connectivity index (χ1n) is 5.68. The first-order chi connectivity index (χ1) is 7.41. The molecule has 90 valence electrons. The van der Waals surface area contributed by atoms with Gasteiger partial charge in [0.15, 0.2) is 0 Å². The number of carbonyl (C=O) groups is 2. The van der Waals surface area contributed by atoms with Crippen LogP contribution in [0.15, 0.2) is 11.6 Å². The first-order valence-corrected chi connectivity index (χ1v) is 5.68. The van der Waals surface area contributed by atoms with E-state index >= 15 is 0 Å². The van der Waals surface area contributed by atoms with Gasteiger partial charge in [-0.2, -0.15) is 0 Å². The Morgan fingerprint density at radius 3 is 2.75 bits per heavy atom. The summed E-state index contributed by atoms with van der Waals surface area (Å²) in [6, 6.07) is 0. The zero-order chi connectivity index (χ0) is 12.3. The second-order valence-corrected chi connectivity index (χ2v) is 4.57. The molecular weight excluding hydrogens is 204 g/mol. The van der Waals surface area contributed by atoms with Crippen molar-refractivity contribution < 1.29 is 9.59 Å². The Hall–Kier alpha value is -1.32. The van der Waals surface area contributed by atoms with Crippen molar-refractivity contribution in [3.05, 3.63) is 11.6 Å². The van der Waals surface area contributed by atoms with Gasteiger partial charge in [0.2, 0.25) is 11.8 Å². The van der Waals surface area contributed by atoms with Crippen molar-refractivity contribution in [1.29, 1.82) is 0 Å². The van der Waals surface area contributed by atoms with Crippen LogP contribution in [-0.2, 0) is 9.59 Å². The number of carbonyl (C=O) groups excluding carboxylic acids is 2. The Morgan fingerprint density at radius 1 is 1.56 bits per heavy atom. The maximum absolute atomic E-state index is 12.1. The Balaban J connectivity index is 2.91. The average molecular weight is 224 g/mol. The molecule has 1 fully saturated rings. The van der Waals surface area contributed by atoms with Gasteiger partial charge in [-0.3, -0.25) is 9.59 Å². The number of amides is 2. The van der Waals surface area contributed by atoms with Crippen LogP contribution in [0.4, 0.5) is 0 Å². The number of nitrogens with zero attached hydrogens (tertiary/aromatic N) is 1. The van der Waals surface area contributed by atoms with Gasteiger partial charge in [-0.15, -0.1) is 0 Å². The molecule has 0 aromatic heterocycles. The van der Waals surface area contributed by atoms with E-state index in [2.05, 4.69) is 5.32 Å². The Bertz CT molecular complexity index is 332. The molecule has 0 aliphatic carbocycles. The fourth-order valence-electron chi connectivity index (χ4n) is 1.86. The fourth-order valence-corrected chi connectivity index (χ4v) is 1.86. The zero-order valence-corrected chi connectivity index (χ0v) is 10.5. The summed E-state index contributed by atoms with van der Waals surface area (Å²) in [6.45, 7) is 8.45. The summed E-state index contributed by atoms with van der Waals surface area (Å²) in [4.78, 5) is 25.5. The van der Waals surface area contributed by atoms with Crippen LogP contribution in [0, 0.1) is 0 Å². The van der Waals surface area contributed by atoms with Gasteiger partial charge < -0.3 is 10.2 Å². The van der Waals surface area contributed by atoms with E-state index in [1.165, 1.54) is 0 Å². The van der Waals surface area contributed by atoms with Crippen molar-refractivity contribution >= 4 is 11.8 Å². The predicted molar refractivity (Wildman–Crippen MR) is 62.8 cm³/mol. The van der Waals surface area contributed by atoms with E-state index in [-0.39, 0.29) is 11.8 Å². The van der Waals surface area contributed by atoms with Crippen LogP contribution in [0.25, 0.3) is 0 Å². The average Bonchev–Trinajstić information content (AvgIpc) is 2.21. The Morgan fingerprint density at radius 2 is 2.19 bits per heavy atom. The molecular formula is C12H20N2O2. The SMILES string of the molecule is CCC=C(C)C(=O)N1CCNC(=O)C1(C)C. The molecule has 1 heterocycles. The molecule has 16 heavy (non-hydrogen) atoms. The molecule has 0 unspecified atom stereocenters. The van der Waals surface area contributed by atoms with Crippen LogP contribution in [0.3, 0.4) is 0 Å². The van der Waals surface area contributed by atoms with Gasteiger partial charge >= 0.3 is 0 Å². The molecule has 0 aromatic carbocycles. The number of hydrogen-bond donors (Lipinski definition) is 1. The third kappa shape index (κ3) is 2.26. The maximum atomic E-state index is 12.1. The third-order valence-electron chi connectivity index (χ3n) is 2.94. The summed E-state index contributed by atoms with van der Waals surface area (Å²) < 4.78 is 0. The van der Waals surface area contributed by atoms with Crippen LogP contribution < -0.4 is 5.32 Å². The van der Waals surface area contributed by atoms with Crippen molar-refractivity contribution in [1.82, 2.24) is 10.2 Å². The topological polar surface area (TPSA) is 49.4 Å². The van der Waals surface area contributed by atoms with Gasteiger partial charge in [0.1, 0.15) is 5.54 Å². The van der Waals surface area contributed by atoms with Crippen molar-refractivity contribution in [2.45, 2.75) is 39.7 Å². The number of rotatable bonds is 2. The summed E-state index contributed by atoms with van der Waals surface area (Å²) in [5, 5.41) is 2.78. The Kier molecular flexibility index (Phi) is 3.73. The van der Waals surface area contributed by atoms with E-state index in [0.717, 1.165) is 6.42 Å². The molecule has 1 saturated heterocycles. The van der Waals surface area contributed by atoms with Gasteiger partial charge in [0.25, 0.3) is 0 Å². The van der Waals surface area contributed by atoms with Crippen molar-refractivity contribution in [2.75, 3.05) is 13.1 Å². The van der Waals surface area contributed by atoms with E-state index in [1.54, 1.807) is 25.7 Å².